The maximum absolute atomic E-state index is 6.24. The van der Waals surface area contributed by atoms with Gasteiger partial charge in [0, 0.05) is 24.6 Å². The summed E-state index contributed by atoms with van der Waals surface area (Å²) >= 11 is 0. The lowest BCUT2D eigenvalue weighted by Gasteiger charge is -2.40. The molecule has 0 amide bonds. The highest BCUT2D eigenvalue weighted by Crippen LogP contribution is 2.36. The Labute approximate surface area is 171 Å². The van der Waals surface area contributed by atoms with Crippen molar-refractivity contribution in [3.8, 4) is 11.6 Å². The molecule has 2 atom stereocenters. The molecule has 154 valence electrons. The molecule has 0 aliphatic carbocycles. The van der Waals surface area contributed by atoms with Gasteiger partial charge in [0.25, 0.3) is 5.89 Å². The lowest BCUT2D eigenvalue weighted by Crippen LogP contribution is -2.44. The van der Waals surface area contributed by atoms with E-state index < -0.39 is 0 Å². The minimum absolute atomic E-state index is 0.131. The van der Waals surface area contributed by atoms with E-state index in [-0.39, 0.29) is 18.3 Å². The average molecular weight is 396 g/mol. The number of rotatable bonds is 4. The van der Waals surface area contributed by atoms with Crippen LogP contribution in [0.1, 0.15) is 70.3 Å². The monoisotopic (exact) mass is 395 g/mol. The first-order valence-electron chi connectivity index (χ1n) is 10.9. The Hall–Kier alpha value is -2.25. The van der Waals surface area contributed by atoms with Crippen LogP contribution in [0, 0.1) is 0 Å². The zero-order chi connectivity index (χ0) is 19.8. The summed E-state index contributed by atoms with van der Waals surface area (Å²) in [5.41, 5.74) is 1.86. The molecule has 29 heavy (non-hydrogen) atoms. The van der Waals surface area contributed by atoms with Crippen molar-refractivity contribution in [2.24, 2.45) is 0 Å². The maximum Gasteiger partial charge on any atom is 0.268 e. The van der Waals surface area contributed by atoms with Gasteiger partial charge < -0.3 is 9.15 Å². The Morgan fingerprint density at radius 1 is 1.03 bits per heavy atom. The van der Waals surface area contributed by atoms with Crippen LogP contribution in [0.3, 0.4) is 0 Å². The van der Waals surface area contributed by atoms with Crippen LogP contribution in [0.4, 0.5) is 0 Å². The van der Waals surface area contributed by atoms with E-state index in [1.165, 1.54) is 19.3 Å². The van der Waals surface area contributed by atoms with Gasteiger partial charge in [-0.2, -0.15) is 5.10 Å². The lowest BCUT2D eigenvalue weighted by atomic mass is 10.00. The lowest BCUT2D eigenvalue weighted by molar-refractivity contribution is -0.116. The number of nitrogens with zero attached hydrogens (tertiary/aromatic N) is 5. The molecular formula is C22H29N5O2. The number of fused-ring (bicyclic) bond motifs is 1. The van der Waals surface area contributed by atoms with Crippen molar-refractivity contribution < 1.29 is 9.15 Å². The van der Waals surface area contributed by atoms with Crippen molar-refractivity contribution >= 4 is 10.9 Å². The van der Waals surface area contributed by atoms with Crippen LogP contribution in [0.5, 0.6) is 0 Å². The van der Waals surface area contributed by atoms with Crippen molar-refractivity contribution in [2.45, 2.75) is 70.7 Å². The molecule has 7 nitrogen and oxygen atoms in total. The first-order valence-corrected chi connectivity index (χ1v) is 10.9. The summed E-state index contributed by atoms with van der Waals surface area (Å²) in [6.07, 6.45) is 7.04. The van der Waals surface area contributed by atoms with Crippen molar-refractivity contribution in [3.05, 3.63) is 30.2 Å². The van der Waals surface area contributed by atoms with E-state index in [1.54, 1.807) is 0 Å². The smallest absolute Gasteiger partial charge is 0.268 e. The van der Waals surface area contributed by atoms with E-state index in [2.05, 4.69) is 41.1 Å². The van der Waals surface area contributed by atoms with Crippen LogP contribution in [0.15, 0.2) is 28.7 Å². The Balaban J connectivity index is 1.48. The molecule has 0 radical (unpaired) electrons. The predicted octanol–water partition coefficient (Wildman–Crippen LogP) is 4.72. The number of likely N-dealkylation sites (tertiary alicyclic amines) is 1. The summed E-state index contributed by atoms with van der Waals surface area (Å²) in [5.74, 6) is 1.20. The minimum atomic E-state index is 0.131. The molecule has 0 spiro atoms. The molecule has 2 aliphatic rings. The molecular weight excluding hydrogens is 366 g/mol. The zero-order valence-electron chi connectivity index (χ0n) is 17.3. The highest BCUT2D eigenvalue weighted by molar-refractivity contribution is 5.91. The third-order valence-electron chi connectivity index (χ3n) is 6.10. The average Bonchev–Trinajstić information content (AvgIpc) is 3.39. The van der Waals surface area contributed by atoms with Crippen molar-refractivity contribution in [1.29, 1.82) is 0 Å². The molecule has 3 aromatic rings. The third kappa shape index (κ3) is 3.46. The standard InChI is InChI=1S/C22H29N5O2/c1-15(2)27-17-10-4-3-9-16(17)20(25-27)22-24-23-21(29-22)18-11-5-7-13-26(18)19-12-6-8-14-28-19/h3-4,9-10,15,18-19H,5-8,11-14H2,1-2H3. The molecule has 2 aromatic heterocycles. The number of aromatic nitrogens is 4. The van der Waals surface area contributed by atoms with Crippen molar-refractivity contribution in [1.82, 2.24) is 24.9 Å². The van der Waals surface area contributed by atoms with E-state index in [9.17, 15) is 0 Å². The van der Waals surface area contributed by atoms with E-state index >= 15 is 0 Å². The second kappa shape index (κ2) is 7.88. The fraction of sp³-hybridized carbons (Fsp3) is 0.591. The Morgan fingerprint density at radius 2 is 1.90 bits per heavy atom. The summed E-state index contributed by atoms with van der Waals surface area (Å²) in [7, 11) is 0. The highest BCUT2D eigenvalue weighted by atomic mass is 16.5. The van der Waals surface area contributed by atoms with Gasteiger partial charge in [0.1, 0.15) is 6.23 Å². The van der Waals surface area contributed by atoms with Crippen LogP contribution < -0.4 is 0 Å². The SMILES string of the molecule is CC(C)n1nc(-c2nnc(C3CCCCN3C3CCCCO3)o2)c2ccccc21. The molecule has 2 saturated heterocycles. The Morgan fingerprint density at radius 3 is 2.72 bits per heavy atom. The molecule has 5 rings (SSSR count). The largest absolute Gasteiger partial charge is 0.417 e. The van der Waals surface area contributed by atoms with Crippen molar-refractivity contribution in [2.75, 3.05) is 13.2 Å². The summed E-state index contributed by atoms with van der Waals surface area (Å²) in [4.78, 5) is 2.44. The van der Waals surface area contributed by atoms with Crippen LogP contribution in [0.25, 0.3) is 22.5 Å². The van der Waals surface area contributed by atoms with Gasteiger partial charge in [-0.3, -0.25) is 9.58 Å². The molecule has 0 N–H and O–H groups in total. The zero-order valence-corrected chi connectivity index (χ0v) is 17.3. The number of hydrogen-bond acceptors (Lipinski definition) is 6. The summed E-state index contributed by atoms with van der Waals surface area (Å²) in [6, 6.07) is 8.62. The van der Waals surface area contributed by atoms with Gasteiger partial charge in [-0.25, -0.2) is 0 Å². The Kier molecular flexibility index (Phi) is 5.09. The van der Waals surface area contributed by atoms with Gasteiger partial charge in [0.15, 0.2) is 5.69 Å². The number of para-hydroxylation sites is 1. The number of piperidine rings is 1. The van der Waals surface area contributed by atoms with Crippen LogP contribution in [-0.2, 0) is 4.74 Å². The molecule has 7 heteroatoms. The van der Waals surface area contributed by atoms with E-state index in [1.807, 2.05) is 16.8 Å². The van der Waals surface area contributed by atoms with Crippen LogP contribution >= 0.6 is 0 Å². The highest BCUT2D eigenvalue weighted by Gasteiger charge is 2.35. The van der Waals surface area contributed by atoms with E-state index in [0.29, 0.717) is 11.8 Å². The normalized spacial score (nSPS) is 23.8. The summed E-state index contributed by atoms with van der Waals surface area (Å²) in [6.45, 7) is 6.14. The fourth-order valence-corrected chi connectivity index (χ4v) is 4.65. The van der Waals surface area contributed by atoms with Gasteiger partial charge in [-0.15, -0.1) is 10.2 Å². The van der Waals surface area contributed by atoms with Gasteiger partial charge in [-0.1, -0.05) is 24.6 Å². The van der Waals surface area contributed by atoms with Crippen LogP contribution in [-0.4, -0.2) is 44.3 Å². The Bertz CT molecular complexity index is 973. The van der Waals surface area contributed by atoms with Gasteiger partial charge in [0.05, 0.1) is 11.6 Å². The molecule has 0 bridgehead atoms. The van der Waals surface area contributed by atoms with E-state index in [4.69, 9.17) is 14.3 Å². The quantitative estimate of drug-likeness (QED) is 0.637. The summed E-state index contributed by atoms with van der Waals surface area (Å²) < 4.78 is 14.3. The first-order chi connectivity index (χ1) is 14.2. The second-order valence-corrected chi connectivity index (χ2v) is 8.42. The fourth-order valence-electron chi connectivity index (χ4n) is 4.65. The van der Waals surface area contributed by atoms with Gasteiger partial charge in [-0.05, 0) is 52.0 Å². The minimum Gasteiger partial charge on any atom is -0.417 e. The van der Waals surface area contributed by atoms with Gasteiger partial charge in [0.2, 0.25) is 5.89 Å². The second-order valence-electron chi connectivity index (χ2n) is 8.42. The number of ether oxygens (including phenoxy) is 1. The molecule has 4 heterocycles. The van der Waals surface area contributed by atoms with E-state index in [0.717, 1.165) is 49.0 Å². The first kappa shape index (κ1) is 18.8. The maximum atomic E-state index is 6.24. The third-order valence-corrected chi connectivity index (χ3v) is 6.10. The van der Waals surface area contributed by atoms with Crippen LogP contribution in [0.2, 0.25) is 0 Å². The molecule has 2 unspecified atom stereocenters. The topological polar surface area (TPSA) is 69.2 Å². The molecule has 2 fully saturated rings. The predicted molar refractivity (Wildman–Crippen MR) is 110 cm³/mol. The number of hydrogen-bond donors (Lipinski definition) is 0. The number of benzene rings is 1. The van der Waals surface area contributed by atoms with Gasteiger partial charge >= 0.3 is 0 Å². The molecule has 0 saturated carbocycles. The van der Waals surface area contributed by atoms with Crippen molar-refractivity contribution in [3.63, 3.8) is 0 Å². The summed E-state index contributed by atoms with van der Waals surface area (Å²) in [5, 5.41) is 14.7. The molecule has 2 aliphatic heterocycles. The molecule has 1 aromatic carbocycles.